The van der Waals surface area contributed by atoms with Crippen LogP contribution in [0.2, 0.25) is 0 Å². The van der Waals surface area contributed by atoms with E-state index >= 15 is 0 Å². The summed E-state index contributed by atoms with van der Waals surface area (Å²) in [5.74, 6) is 0. The lowest BCUT2D eigenvalue weighted by atomic mass is 10.4. The van der Waals surface area contributed by atoms with Crippen molar-refractivity contribution in [2.45, 2.75) is 6.42 Å². The Morgan fingerprint density at radius 1 is 1.67 bits per heavy atom. The van der Waals surface area contributed by atoms with E-state index in [2.05, 4.69) is 13.8 Å². The van der Waals surface area contributed by atoms with Gasteiger partial charge in [-0.2, -0.15) is 0 Å². The summed E-state index contributed by atoms with van der Waals surface area (Å²) in [6.07, 6.45) is 0.976. The van der Waals surface area contributed by atoms with Crippen molar-refractivity contribution in [1.29, 1.82) is 0 Å². The van der Waals surface area contributed by atoms with Gasteiger partial charge in [0.05, 0.1) is 0 Å². The molecule has 2 N–H and O–H groups in total. The largest absolute Gasteiger partial charge is 0.330 e. The topological polar surface area (TPSA) is 38.4 Å². The van der Waals surface area contributed by atoms with Crippen molar-refractivity contribution in [2.75, 3.05) is 13.1 Å². The zero-order valence-electron chi connectivity index (χ0n) is 3.65. The minimum atomic E-state index is 0.730. The average molecular weight is 104 g/mol. The molecule has 6 heavy (non-hydrogen) atoms. The van der Waals surface area contributed by atoms with Gasteiger partial charge in [0.15, 0.2) is 0 Å². The highest BCUT2D eigenvalue weighted by molar-refractivity contribution is 7.03. The number of nitrogens with two attached hydrogens (primary N) is 1. The van der Waals surface area contributed by atoms with E-state index in [1.807, 2.05) is 0 Å². The van der Waals surface area contributed by atoms with Gasteiger partial charge in [0.1, 0.15) is 0 Å². The second kappa shape index (κ2) is 5.06. The molecule has 2 nitrogen and oxygen atoms in total. The fourth-order valence-electron chi connectivity index (χ4n) is 0.170. The van der Waals surface area contributed by atoms with Crippen LogP contribution in [0.25, 0.3) is 0 Å². The third kappa shape index (κ3) is 4.06. The van der Waals surface area contributed by atoms with Crippen LogP contribution >= 0.6 is 9.03 Å². The molecule has 0 aromatic rings. The Kier molecular flexibility index (Phi) is 5.11. The predicted octanol–water partition coefficient (Wildman–Crippen LogP) is 0.662. The minimum Gasteiger partial charge on any atom is -0.330 e. The van der Waals surface area contributed by atoms with Crippen molar-refractivity contribution >= 4 is 9.03 Å². The lowest BCUT2D eigenvalue weighted by Gasteiger charge is -1.82. The molecule has 0 spiro atoms. The van der Waals surface area contributed by atoms with Gasteiger partial charge in [0, 0.05) is 6.54 Å². The van der Waals surface area contributed by atoms with Crippen LogP contribution in [0.15, 0.2) is 4.74 Å². The minimum absolute atomic E-state index is 0.730. The van der Waals surface area contributed by atoms with E-state index in [1.165, 1.54) is 0 Å². The van der Waals surface area contributed by atoms with Gasteiger partial charge in [-0.3, -0.25) is 4.74 Å². The van der Waals surface area contributed by atoms with E-state index in [1.54, 1.807) is 0 Å². The van der Waals surface area contributed by atoms with Crippen LogP contribution in [-0.4, -0.2) is 13.1 Å². The molecule has 36 valence electrons. The van der Waals surface area contributed by atoms with Gasteiger partial charge < -0.3 is 5.73 Å². The van der Waals surface area contributed by atoms with E-state index < -0.39 is 0 Å². The van der Waals surface area contributed by atoms with Crippen LogP contribution in [0.4, 0.5) is 0 Å². The summed E-state index contributed by atoms with van der Waals surface area (Å²) in [6.45, 7) is 1.56. The molecule has 0 atom stereocenters. The summed E-state index contributed by atoms with van der Waals surface area (Å²) < 4.78 is 3.65. The van der Waals surface area contributed by atoms with Gasteiger partial charge in [0.25, 0.3) is 0 Å². The van der Waals surface area contributed by atoms with E-state index in [0.29, 0.717) is 0 Å². The second-order valence-corrected chi connectivity index (χ2v) is 1.34. The molecule has 0 fully saturated rings. The van der Waals surface area contributed by atoms with E-state index in [-0.39, 0.29) is 0 Å². The van der Waals surface area contributed by atoms with Crippen LogP contribution in [0, 0.1) is 0 Å². The fourth-order valence-corrected chi connectivity index (χ4v) is 0.328. The highest BCUT2D eigenvalue weighted by Gasteiger charge is 1.72. The maximum Gasteiger partial charge on any atom is 0.0441 e. The lowest BCUT2D eigenvalue weighted by Crippen LogP contribution is -1.98. The Morgan fingerprint density at radius 2 is 2.33 bits per heavy atom. The first-order chi connectivity index (χ1) is 2.91. The maximum atomic E-state index is 5.13. The van der Waals surface area contributed by atoms with Gasteiger partial charge in [-0.05, 0) is 22.0 Å². The van der Waals surface area contributed by atoms with Gasteiger partial charge in [0.2, 0.25) is 0 Å². The Labute approximate surface area is 40.0 Å². The van der Waals surface area contributed by atoms with E-state index in [4.69, 9.17) is 5.73 Å². The first-order valence-corrected chi connectivity index (χ1v) is 2.40. The molecular weight excluding hydrogens is 95.0 g/mol. The van der Waals surface area contributed by atoms with Crippen molar-refractivity contribution < 1.29 is 0 Å². The SMILES string of the molecule is NCCCN=P. The van der Waals surface area contributed by atoms with Crippen LogP contribution in [-0.2, 0) is 0 Å². The van der Waals surface area contributed by atoms with Crippen molar-refractivity contribution in [2.24, 2.45) is 10.5 Å². The summed E-state index contributed by atoms with van der Waals surface area (Å²) in [5, 5.41) is 0. The summed E-state index contributed by atoms with van der Waals surface area (Å²) in [5.41, 5.74) is 5.13. The predicted molar refractivity (Wildman–Crippen MR) is 29.3 cm³/mol. The van der Waals surface area contributed by atoms with E-state index in [9.17, 15) is 0 Å². The molecule has 3 heteroatoms. The Morgan fingerprint density at radius 3 is 2.50 bits per heavy atom. The molecule has 0 amide bonds. The Hall–Kier alpha value is 0.0600. The summed E-state index contributed by atoms with van der Waals surface area (Å²) in [7, 11) is 2.96. The molecule has 0 aliphatic rings. The van der Waals surface area contributed by atoms with Crippen molar-refractivity contribution in [3.8, 4) is 0 Å². The number of nitrogens with zero attached hydrogens (tertiary/aromatic N) is 1. The molecular formula is C3H9N2P. The van der Waals surface area contributed by atoms with Crippen LogP contribution in [0.3, 0.4) is 0 Å². The third-order valence-electron chi connectivity index (χ3n) is 0.474. The molecule has 0 aliphatic heterocycles. The van der Waals surface area contributed by atoms with Gasteiger partial charge >= 0.3 is 0 Å². The van der Waals surface area contributed by atoms with E-state index in [0.717, 1.165) is 19.5 Å². The first kappa shape index (κ1) is 6.06. The number of hydrogen-bond donors (Lipinski definition) is 1. The average Bonchev–Trinajstić information content (AvgIpc) is 1.61. The molecule has 0 radical (unpaired) electrons. The molecule has 0 aliphatic carbocycles. The molecule has 0 bridgehead atoms. The Balaban J connectivity index is 2.49. The highest BCUT2D eigenvalue weighted by atomic mass is 31.0. The van der Waals surface area contributed by atoms with Crippen molar-refractivity contribution in [3.63, 3.8) is 0 Å². The molecule has 0 heterocycles. The summed E-state index contributed by atoms with van der Waals surface area (Å²) in [4.78, 5) is 0. The second-order valence-electron chi connectivity index (χ2n) is 1.02. The number of hydrogen-bond acceptors (Lipinski definition) is 2. The summed E-state index contributed by atoms with van der Waals surface area (Å²) in [6, 6.07) is 0. The monoisotopic (exact) mass is 104 g/mol. The maximum absolute atomic E-state index is 5.13. The van der Waals surface area contributed by atoms with Gasteiger partial charge in [-0.15, -0.1) is 0 Å². The number of rotatable bonds is 3. The Bertz CT molecular complexity index is 37.8. The third-order valence-corrected chi connectivity index (χ3v) is 0.698. The summed E-state index contributed by atoms with van der Waals surface area (Å²) >= 11 is 0. The quantitative estimate of drug-likeness (QED) is 0.414. The smallest absolute Gasteiger partial charge is 0.0441 e. The van der Waals surface area contributed by atoms with Gasteiger partial charge in [-0.25, -0.2) is 0 Å². The highest BCUT2D eigenvalue weighted by Crippen LogP contribution is 1.77. The van der Waals surface area contributed by atoms with Crippen LogP contribution < -0.4 is 5.73 Å². The van der Waals surface area contributed by atoms with Gasteiger partial charge in [-0.1, -0.05) is 0 Å². The van der Waals surface area contributed by atoms with Crippen LogP contribution in [0.5, 0.6) is 0 Å². The molecule has 0 aromatic carbocycles. The van der Waals surface area contributed by atoms with Crippen LogP contribution in [0.1, 0.15) is 6.42 Å². The molecule has 0 rings (SSSR count). The fraction of sp³-hybridized carbons (Fsp3) is 1.00. The first-order valence-electron chi connectivity index (χ1n) is 1.95. The zero-order chi connectivity index (χ0) is 4.83. The standard InChI is InChI=1S/C3H9N2P/c4-2-1-3-5-6/h6H,1-4H2. The molecule has 0 aromatic heterocycles. The van der Waals surface area contributed by atoms with Crippen molar-refractivity contribution in [1.82, 2.24) is 0 Å². The van der Waals surface area contributed by atoms with Crippen molar-refractivity contribution in [3.05, 3.63) is 0 Å². The lowest BCUT2D eigenvalue weighted by molar-refractivity contribution is 0.853. The molecule has 0 saturated heterocycles. The molecule has 0 unspecified atom stereocenters. The molecule has 0 saturated carbocycles. The zero-order valence-corrected chi connectivity index (χ0v) is 4.65. The normalized spacial score (nSPS) is 8.17.